The van der Waals surface area contributed by atoms with Gasteiger partial charge in [-0.1, -0.05) is 53.5 Å². The summed E-state index contributed by atoms with van der Waals surface area (Å²) in [6, 6.07) is 21.4. The molecule has 0 aromatic heterocycles. The Bertz CT molecular complexity index is 827. The number of benzene rings is 3. The van der Waals surface area contributed by atoms with Crippen LogP contribution in [0.2, 0.25) is 10.0 Å². The van der Waals surface area contributed by atoms with E-state index in [1.807, 2.05) is 36.4 Å². The standard InChI is InChI=1S/C13H11BrClN.C6H5BrClN/c14-12-8-11(6-7-13(12)15)16-9-10-4-2-1-3-5-10;7-5-3-4(9)1-2-6(5)8/h1-8,16H,9H2;1-3H,9H2. The van der Waals surface area contributed by atoms with E-state index in [1.165, 1.54) is 5.56 Å². The Kier molecular flexibility index (Phi) is 8.10. The fourth-order valence-electron chi connectivity index (χ4n) is 1.92. The second-order valence-electron chi connectivity index (χ2n) is 5.14. The van der Waals surface area contributed by atoms with Crippen LogP contribution in [0.5, 0.6) is 0 Å². The van der Waals surface area contributed by atoms with Crippen molar-refractivity contribution >= 4 is 66.4 Å². The molecule has 0 unspecified atom stereocenters. The van der Waals surface area contributed by atoms with E-state index in [0.717, 1.165) is 26.2 Å². The van der Waals surface area contributed by atoms with Gasteiger partial charge in [0, 0.05) is 26.9 Å². The monoisotopic (exact) mass is 500 g/mol. The Hall–Kier alpha value is -1.20. The van der Waals surface area contributed by atoms with Crippen molar-refractivity contribution in [1.82, 2.24) is 0 Å². The maximum atomic E-state index is 5.92. The van der Waals surface area contributed by atoms with Crippen LogP contribution in [0.3, 0.4) is 0 Å². The van der Waals surface area contributed by atoms with Gasteiger partial charge in [0.15, 0.2) is 0 Å². The van der Waals surface area contributed by atoms with Gasteiger partial charge in [0.2, 0.25) is 0 Å². The topological polar surface area (TPSA) is 38.0 Å². The Morgan fingerprint density at radius 3 is 1.96 bits per heavy atom. The predicted molar refractivity (Wildman–Crippen MR) is 116 cm³/mol. The molecule has 0 aliphatic rings. The number of hydrogen-bond acceptors (Lipinski definition) is 2. The number of nitrogen functional groups attached to an aromatic ring is 1. The highest BCUT2D eigenvalue weighted by Gasteiger charge is 1.98. The van der Waals surface area contributed by atoms with Crippen LogP contribution in [0.4, 0.5) is 11.4 Å². The number of nitrogens with two attached hydrogens (primary N) is 1. The van der Waals surface area contributed by atoms with Crippen LogP contribution in [0.1, 0.15) is 5.56 Å². The van der Waals surface area contributed by atoms with Gasteiger partial charge >= 0.3 is 0 Å². The average molecular weight is 503 g/mol. The molecule has 3 aromatic carbocycles. The minimum absolute atomic E-state index is 0.684. The van der Waals surface area contributed by atoms with Gasteiger partial charge in [-0.2, -0.15) is 0 Å². The molecule has 0 amide bonds. The van der Waals surface area contributed by atoms with E-state index in [2.05, 4.69) is 49.3 Å². The third-order valence-corrected chi connectivity index (χ3v) is 5.63. The van der Waals surface area contributed by atoms with Gasteiger partial charge in [-0.05, 0) is 73.8 Å². The van der Waals surface area contributed by atoms with Crippen LogP contribution in [0.25, 0.3) is 0 Å². The second-order valence-corrected chi connectivity index (χ2v) is 7.66. The predicted octanol–water partition coefficient (Wildman–Crippen LogP) is 7.40. The Labute approximate surface area is 174 Å². The Balaban J connectivity index is 0.000000212. The van der Waals surface area contributed by atoms with Crippen molar-refractivity contribution in [2.45, 2.75) is 6.54 Å². The van der Waals surface area contributed by atoms with Gasteiger partial charge in [0.1, 0.15) is 0 Å². The summed E-state index contributed by atoms with van der Waals surface area (Å²) in [5.41, 5.74) is 8.47. The molecule has 6 heteroatoms. The van der Waals surface area contributed by atoms with E-state index in [9.17, 15) is 0 Å². The molecule has 0 saturated heterocycles. The highest BCUT2D eigenvalue weighted by molar-refractivity contribution is 9.10. The van der Waals surface area contributed by atoms with E-state index in [-0.39, 0.29) is 0 Å². The molecule has 0 spiro atoms. The summed E-state index contributed by atoms with van der Waals surface area (Å²) in [6.07, 6.45) is 0. The number of hydrogen-bond donors (Lipinski definition) is 2. The maximum Gasteiger partial charge on any atom is 0.0549 e. The normalized spacial score (nSPS) is 9.92. The van der Waals surface area contributed by atoms with Crippen molar-refractivity contribution in [2.75, 3.05) is 11.1 Å². The first kappa shape index (κ1) is 20.1. The first-order valence-corrected chi connectivity index (χ1v) is 9.73. The summed E-state index contributed by atoms with van der Waals surface area (Å²) in [4.78, 5) is 0. The molecule has 0 atom stereocenters. The van der Waals surface area contributed by atoms with Crippen LogP contribution in [0, 0.1) is 0 Å². The lowest BCUT2D eigenvalue weighted by Gasteiger charge is -2.07. The van der Waals surface area contributed by atoms with E-state index in [1.54, 1.807) is 18.2 Å². The molecule has 3 rings (SSSR count). The molecule has 2 nitrogen and oxygen atoms in total. The molecule has 0 heterocycles. The van der Waals surface area contributed by atoms with Gasteiger partial charge in [-0.3, -0.25) is 0 Å². The summed E-state index contributed by atoms with van der Waals surface area (Å²) in [5, 5.41) is 4.75. The van der Waals surface area contributed by atoms with Crippen molar-refractivity contribution in [1.29, 1.82) is 0 Å². The molecule has 0 aliphatic heterocycles. The van der Waals surface area contributed by atoms with Gasteiger partial charge in [-0.15, -0.1) is 0 Å². The fraction of sp³-hybridized carbons (Fsp3) is 0.0526. The molecule has 3 aromatic rings. The molecule has 0 fully saturated rings. The second kappa shape index (κ2) is 10.1. The first-order valence-electron chi connectivity index (χ1n) is 7.39. The van der Waals surface area contributed by atoms with E-state index in [4.69, 9.17) is 28.9 Å². The molecule has 0 bridgehead atoms. The van der Waals surface area contributed by atoms with Crippen molar-refractivity contribution < 1.29 is 0 Å². The molecule has 0 radical (unpaired) electrons. The number of anilines is 2. The van der Waals surface area contributed by atoms with Crippen molar-refractivity contribution in [3.8, 4) is 0 Å². The summed E-state index contributed by atoms with van der Waals surface area (Å²) in [7, 11) is 0. The smallest absolute Gasteiger partial charge is 0.0549 e. The minimum Gasteiger partial charge on any atom is -0.399 e. The quantitative estimate of drug-likeness (QED) is 0.366. The number of halogens is 4. The third kappa shape index (κ3) is 6.90. The van der Waals surface area contributed by atoms with Crippen molar-refractivity contribution in [2.24, 2.45) is 0 Å². The van der Waals surface area contributed by atoms with E-state index >= 15 is 0 Å². The van der Waals surface area contributed by atoms with Crippen molar-refractivity contribution in [3.05, 3.63) is 91.3 Å². The lowest BCUT2D eigenvalue weighted by atomic mass is 10.2. The SMILES string of the molecule is Clc1ccc(NCc2ccccc2)cc1Br.Nc1ccc(Cl)c(Br)c1. The molecule has 130 valence electrons. The lowest BCUT2D eigenvalue weighted by Crippen LogP contribution is -1.98. The number of nitrogens with one attached hydrogen (secondary N) is 1. The highest BCUT2D eigenvalue weighted by Crippen LogP contribution is 2.26. The van der Waals surface area contributed by atoms with Crippen LogP contribution in [0.15, 0.2) is 75.7 Å². The van der Waals surface area contributed by atoms with Gasteiger partial charge in [-0.25, -0.2) is 0 Å². The van der Waals surface area contributed by atoms with Gasteiger partial charge in [0.25, 0.3) is 0 Å². The van der Waals surface area contributed by atoms with E-state index < -0.39 is 0 Å². The Morgan fingerprint density at radius 1 is 0.800 bits per heavy atom. The summed E-state index contributed by atoms with van der Waals surface area (Å²) in [6.45, 7) is 0.814. The maximum absolute atomic E-state index is 5.92. The Morgan fingerprint density at radius 2 is 1.40 bits per heavy atom. The van der Waals surface area contributed by atoms with E-state index in [0.29, 0.717) is 10.7 Å². The highest BCUT2D eigenvalue weighted by atomic mass is 79.9. The van der Waals surface area contributed by atoms with Crippen LogP contribution >= 0.6 is 55.1 Å². The zero-order chi connectivity index (χ0) is 18.2. The van der Waals surface area contributed by atoms with Crippen LogP contribution in [-0.2, 0) is 6.54 Å². The molecular formula is C19H16Br2Cl2N2. The molecule has 25 heavy (non-hydrogen) atoms. The van der Waals surface area contributed by atoms with Crippen LogP contribution in [-0.4, -0.2) is 0 Å². The van der Waals surface area contributed by atoms with Gasteiger partial charge in [0.05, 0.1) is 10.0 Å². The minimum atomic E-state index is 0.684. The molecule has 0 aliphatic carbocycles. The molecule has 0 saturated carbocycles. The van der Waals surface area contributed by atoms with Gasteiger partial charge < -0.3 is 11.1 Å². The zero-order valence-corrected chi connectivity index (χ0v) is 17.8. The average Bonchev–Trinajstić information content (AvgIpc) is 2.61. The molecule has 3 N–H and O–H groups in total. The summed E-state index contributed by atoms with van der Waals surface area (Å²) >= 11 is 18.2. The lowest BCUT2D eigenvalue weighted by molar-refractivity contribution is 1.15. The molecular weight excluding hydrogens is 487 g/mol. The third-order valence-electron chi connectivity index (χ3n) is 3.20. The zero-order valence-electron chi connectivity index (χ0n) is 13.1. The summed E-state index contributed by atoms with van der Waals surface area (Å²) in [5.74, 6) is 0. The largest absolute Gasteiger partial charge is 0.399 e. The fourth-order valence-corrected chi connectivity index (χ4v) is 2.93. The van der Waals surface area contributed by atoms with Crippen molar-refractivity contribution in [3.63, 3.8) is 0 Å². The summed E-state index contributed by atoms with van der Waals surface area (Å²) < 4.78 is 1.75. The number of rotatable bonds is 3. The van der Waals surface area contributed by atoms with Crippen LogP contribution < -0.4 is 11.1 Å². The first-order chi connectivity index (χ1) is 12.0.